The Morgan fingerprint density at radius 3 is 2.06 bits per heavy atom. The molecule has 2 nitrogen and oxygen atoms in total. The summed E-state index contributed by atoms with van der Waals surface area (Å²) in [5.41, 5.74) is 2.37. The Hall–Kier alpha value is -0.903. The first kappa shape index (κ1) is 14.2. The van der Waals surface area contributed by atoms with Crippen molar-refractivity contribution >= 4 is 19.2 Å². The van der Waals surface area contributed by atoms with Gasteiger partial charge in [-0.1, -0.05) is 36.4 Å². The molecule has 1 rings (SSSR count). The predicted octanol–water partition coefficient (Wildman–Crippen LogP) is 2.12. The fourth-order valence-electron chi connectivity index (χ4n) is 2.00. The van der Waals surface area contributed by atoms with Crippen LogP contribution in [0, 0.1) is 0 Å². The number of allylic oxidation sites excluding steroid dienone is 1. The smallest absolute Gasteiger partial charge is 0.235 e. The van der Waals surface area contributed by atoms with Crippen molar-refractivity contribution in [3.63, 3.8) is 0 Å². The average Bonchev–Trinajstić information content (AvgIpc) is 2.27. The van der Waals surface area contributed by atoms with Gasteiger partial charge in [-0.3, -0.25) is 0 Å². The van der Waals surface area contributed by atoms with Crippen molar-refractivity contribution in [1.29, 1.82) is 0 Å². The van der Waals surface area contributed by atoms with Crippen LogP contribution in [0.5, 0.6) is 0 Å². The van der Waals surface area contributed by atoms with Gasteiger partial charge in [-0.05, 0) is 52.4 Å². The van der Waals surface area contributed by atoms with E-state index in [-0.39, 0.29) is 0 Å². The molecule has 0 saturated heterocycles. The highest BCUT2D eigenvalue weighted by molar-refractivity contribution is 6.85. The summed E-state index contributed by atoms with van der Waals surface area (Å²) in [5, 5.41) is 1.42. The number of rotatable bonds is 4. The maximum Gasteiger partial charge on any atom is 0.235 e. The van der Waals surface area contributed by atoms with Crippen LogP contribution in [0.25, 0.3) is 5.57 Å². The van der Waals surface area contributed by atoms with Gasteiger partial charge >= 0.3 is 0 Å². The third-order valence-electron chi connectivity index (χ3n) is 3.64. The van der Waals surface area contributed by atoms with Crippen molar-refractivity contribution in [3.05, 3.63) is 36.4 Å². The lowest BCUT2D eigenvalue weighted by atomic mass is 10.1. The zero-order valence-electron chi connectivity index (χ0n) is 11.9. The topological polar surface area (TPSA) is 6.48 Å². The van der Waals surface area contributed by atoms with Gasteiger partial charge in [0.25, 0.3) is 0 Å². The summed E-state index contributed by atoms with van der Waals surface area (Å²) in [6.45, 7) is 8.45. The van der Waals surface area contributed by atoms with Crippen LogP contribution in [0.2, 0.25) is 6.55 Å². The summed E-state index contributed by atoms with van der Waals surface area (Å²) >= 11 is 0. The molecular formula is C14H24N2Si. The molecule has 1 aromatic rings. The van der Waals surface area contributed by atoms with Crippen molar-refractivity contribution < 1.29 is 0 Å². The predicted molar refractivity (Wildman–Crippen MR) is 79.8 cm³/mol. The Bertz CT molecular complexity index is 402. The van der Waals surface area contributed by atoms with Crippen LogP contribution in [0.3, 0.4) is 0 Å². The van der Waals surface area contributed by atoms with E-state index in [1.54, 1.807) is 0 Å². The van der Waals surface area contributed by atoms with Gasteiger partial charge in [-0.2, -0.15) is 0 Å². The molecule has 0 radical (unpaired) electrons. The summed E-state index contributed by atoms with van der Waals surface area (Å²) in [4.78, 5) is 0. The third-order valence-corrected chi connectivity index (χ3v) is 8.53. The van der Waals surface area contributed by atoms with E-state index < -0.39 is 8.40 Å². The van der Waals surface area contributed by atoms with Crippen molar-refractivity contribution in [2.75, 3.05) is 28.2 Å². The molecule has 0 aliphatic heterocycles. The molecule has 0 aliphatic carbocycles. The molecule has 0 bridgehead atoms. The van der Waals surface area contributed by atoms with Crippen LogP contribution < -0.4 is 5.19 Å². The second-order valence-corrected chi connectivity index (χ2v) is 9.58. The SMILES string of the molecule is C=C(C)c1cccc([Si](C)(N(C)C)N(C)C)c1. The van der Waals surface area contributed by atoms with Crippen LogP contribution >= 0.6 is 0 Å². The van der Waals surface area contributed by atoms with Crippen molar-refractivity contribution in [2.45, 2.75) is 13.5 Å². The van der Waals surface area contributed by atoms with Gasteiger partial charge in [0.2, 0.25) is 8.40 Å². The number of hydrogen-bond acceptors (Lipinski definition) is 2. The maximum atomic E-state index is 4.03. The lowest BCUT2D eigenvalue weighted by molar-refractivity contribution is 0.503. The van der Waals surface area contributed by atoms with E-state index in [0.29, 0.717) is 0 Å². The normalized spacial score (nSPS) is 12.2. The highest BCUT2D eigenvalue weighted by Gasteiger charge is 2.35. The lowest BCUT2D eigenvalue weighted by Gasteiger charge is -2.40. The molecule has 0 aliphatic rings. The van der Waals surface area contributed by atoms with Crippen molar-refractivity contribution in [2.24, 2.45) is 0 Å². The molecule has 17 heavy (non-hydrogen) atoms. The monoisotopic (exact) mass is 248 g/mol. The molecular weight excluding hydrogens is 224 g/mol. The fourth-order valence-corrected chi connectivity index (χ4v) is 4.67. The van der Waals surface area contributed by atoms with E-state index in [0.717, 1.165) is 5.57 Å². The quantitative estimate of drug-likeness (QED) is 0.753. The van der Waals surface area contributed by atoms with Crippen molar-refractivity contribution in [3.8, 4) is 0 Å². The number of hydrogen-bond donors (Lipinski definition) is 0. The van der Waals surface area contributed by atoms with Gasteiger partial charge in [0.05, 0.1) is 0 Å². The van der Waals surface area contributed by atoms with Crippen LogP contribution in [-0.4, -0.2) is 45.7 Å². The van der Waals surface area contributed by atoms with Gasteiger partial charge in [0.1, 0.15) is 0 Å². The minimum Gasteiger partial charge on any atom is -0.314 e. The first-order valence-corrected chi connectivity index (χ1v) is 8.31. The third kappa shape index (κ3) is 2.68. The highest BCUT2D eigenvalue weighted by atomic mass is 28.3. The summed E-state index contributed by atoms with van der Waals surface area (Å²) < 4.78 is 4.73. The first-order chi connectivity index (χ1) is 7.80. The molecule has 1 aromatic carbocycles. The van der Waals surface area contributed by atoms with E-state index in [2.05, 4.69) is 81.6 Å². The molecule has 0 aromatic heterocycles. The van der Waals surface area contributed by atoms with Gasteiger partial charge in [0, 0.05) is 0 Å². The van der Waals surface area contributed by atoms with E-state index >= 15 is 0 Å². The molecule has 94 valence electrons. The Morgan fingerprint density at radius 1 is 1.12 bits per heavy atom. The average molecular weight is 248 g/mol. The van der Waals surface area contributed by atoms with Crippen LogP contribution in [0.15, 0.2) is 30.8 Å². The van der Waals surface area contributed by atoms with Crippen LogP contribution in [0.1, 0.15) is 12.5 Å². The second kappa shape index (κ2) is 5.17. The number of nitrogens with zero attached hydrogens (tertiary/aromatic N) is 2. The number of benzene rings is 1. The summed E-state index contributed by atoms with van der Waals surface area (Å²) in [6, 6.07) is 8.79. The molecule has 0 N–H and O–H groups in total. The summed E-state index contributed by atoms with van der Waals surface area (Å²) in [5.74, 6) is 0. The van der Waals surface area contributed by atoms with E-state index in [4.69, 9.17) is 0 Å². The Labute approximate surface area is 107 Å². The fraction of sp³-hybridized carbons (Fsp3) is 0.429. The Balaban J connectivity index is 3.29. The molecule has 0 atom stereocenters. The first-order valence-electron chi connectivity index (χ1n) is 5.91. The zero-order valence-corrected chi connectivity index (χ0v) is 12.9. The van der Waals surface area contributed by atoms with Gasteiger partial charge in [-0.15, -0.1) is 0 Å². The van der Waals surface area contributed by atoms with Crippen LogP contribution in [-0.2, 0) is 0 Å². The van der Waals surface area contributed by atoms with Gasteiger partial charge < -0.3 is 9.13 Å². The minimum atomic E-state index is -1.73. The molecule has 0 spiro atoms. The van der Waals surface area contributed by atoms with E-state index in [1.807, 2.05) is 0 Å². The van der Waals surface area contributed by atoms with Crippen molar-refractivity contribution in [1.82, 2.24) is 9.13 Å². The Morgan fingerprint density at radius 2 is 1.65 bits per heavy atom. The highest BCUT2D eigenvalue weighted by Crippen LogP contribution is 2.14. The molecule has 0 saturated carbocycles. The molecule has 3 heteroatoms. The lowest BCUT2D eigenvalue weighted by Crippen LogP contribution is -2.66. The maximum absolute atomic E-state index is 4.03. The summed E-state index contributed by atoms with van der Waals surface area (Å²) in [6.07, 6.45) is 0. The van der Waals surface area contributed by atoms with E-state index in [1.165, 1.54) is 10.8 Å². The van der Waals surface area contributed by atoms with Crippen LogP contribution in [0.4, 0.5) is 0 Å². The Kier molecular flexibility index (Phi) is 4.30. The molecule has 0 unspecified atom stereocenters. The minimum absolute atomic E-state index is 1.13. The summed E-state index contributed by atoms with van der Waals surface area (Å²) in [7, 11) is 6.93. The zero-order chi connectivity index (χ0) is 13.2. The molecule has 0 amide bonds. The van der Waals surface area contributed by atoms with Gasteiger partial charge in [0.15, 0.2) is 0 Å². The van der Waals surface area contributed by atoms with Gasteiger partial charge in [-0.25, -0.2) is 0 Å². The molecule has 0 heterocycles. The largest absolute Gasteiger partial charge is 0.314 e. The standard InChI is InChI=1S/C14H24N2Si/c1-12(2)13-9-8-10-14(11-13)17(7,15(3)4)16(5)6/h8-11H,1H2,2-7H3. The van der Waals surface area contributed by atoms with E-state index in [9.17, 15) is 0 Å². The molecule has 0 fully saturated rings. The second-order valence-electron chi connectivity index (χ2n) is 5.17.